The molecule has 0 saturated heterocycles. The van der Waals surface area contributed by atoms with Crippen molar-refractivity contribution < 1.29 is 18.0 Å². The molecule has 5 N–H and O–H groups in total. The molecular formula is C14H17F3N8O. The number of alkyl halides is 3. The van der Waals surface area contributed by atoms with Crippen molar-refractivity contribution in [3.63, 3.8) is 0 Å². The van der Waals surface area contributed by atoms with Crippen LogP contribution in [0.1, 0.15) is 27.4 Å². The Kier molecular flexibility index (Phi) is 5.16. The number of guanidine groups is 1. The van der Waals surface area contributed by atoms with Crippen LogP contribution in [0.4, 0.5) is 13.2 Å². The number of halogens is 3. The van der Waals surface area contributed by atoms with E-state index in [1.165, 1.54) is 7.05 Å². The van der Waals surface area contributed by atoms with Crippen LogP contribution in [0, 0.1) is 13.8 Å². The number of nitrogens with zero attached hydrogens (tertiary/aromatic N) is 5. The fourth-order valence-electron chi connectivity index (χ4n) is 2.17. The number of hydrogen-bond donors (Lipinski definition) is 3. The summed E-state index contributed by atoms with van der Waals surface area (Å²) in [7, 11) is 1.37. The van der Waals surface area contributed by atoms with Gasteiger partial charge in [-0.25, -0.2) is 15.5 Å². The molecule has 9 nitrogen and oxygen atoms in total. The number of carbonyl (C=O) groups excluding carboxylic acids is 1. The quantitative estimate of drug-likeness (QED) is 0.309. The summed E-state index contributed by atoms with van der Waals surface area (Å²) in [5.41, 5.74) is -0.251. The van der Waals surface area contributed by atoms with E-state index in [0.717, 1.165) is 15.8 Å². The summed E-state index contributed by atoms with van der Waals surface area (Å²) in [5, 5.41) is 10.6. The first-order chi connectivity index (χ1) is 12.0. The zero-order chi connectivity index (χ0) is 19.6. The first kappa shape index (κ1) is 19.2. The Morgan fingerprint density at radius 3 is 2.46 bits per heavy atom. The smallest absolute Gasteiger partial charge is 0.320 e. The van der Waals surface area contributed by atoms with Crippen LogP contribution in [-0.4, -0.2) is 38.7 Å². The van der Waals surface area contributed by atoms with Crippen LogP contribution in [-0.2, 0) is 6.18 Å². The van der Waals surface area contributed by atoms with Crippen molar-refractivity contribution in [2.75, 3.05) is 7.05 Å². The van der Waals surface area contributed by atoms with E-state index in [-0.39, 0.29) is 17.3 Å². The Labute approximate surface area is 146 Å². The summed E-state index contributed by atoms with van der Waals surface area (Å²) < 4.78 is 40.3. The highest BCUT2D eigenvalue weighted by atomic mass is 19.4. The Hall–Kier alpha value is -3.15. The van der Waals surface area contributed by atoms with Crippen LogP contribution in [0.2, 0.25) is 0 Å². The highest BCUT2D eigenvalue weighted by Crippen LogP contribution is 2.29. The molecule has 0 aromatic carbocycles. The largest absolute Gasteiger partial charge is 0.433 e. The fraction of sp³-hybridized carbons (Fsp3) is 0.286. The molecule has 140 valence electrons. The lowest BCUT2D eigenvalue weighted by Gasteiger charge is -2.17. The van der Waals surface area contributed by atoms with Gasteiger partial charge >= 0.3 is 6.18 Å². The Morgan fingerprint density at radius 2 is 2.00 bits per heavy atom. The van der Waals surface area contributed by atoms with E-state index in [2.05, 4.69) is 20.5 Å². The van der Waals surface area contributed by atoms with E-state index in [1.807, 2.05) is 0 Å². The summed E-state index contributed by atoms with van der Waals surface area (Å²) >= 11 is 0. The first-order valence-corrected chi connectivity index (χ1v) is 7.24. The number of nitrogens with two attached hydrogens (primary N) is 2. The van der Waals surface area contributed by atoms with E-state index >= 15 is 0 Å². The minimum absolute atomic E-state index is 0.160. The summed E-state index contributed by atoms with van der Waals surface area (Å²) in [6, 6.07) is 3.35. The number of carbonyl (C=O) groups is 1. The van der Waals surface area contributed by atoms with Gasteiger partial charge in [0.25, 0.3) is 5.91 Å². The molecule has 12 heteroatoms. The number of aryl methyl sites for hydroxylation is 2. The maximum Gasteiger partial charge on any atom is 0.433 e. The summed E-state index contributed by atoms with van der Waals surface area (Å²) in [5.74, 6) is 9.32. The molecule has 2 heterocycles. The van der Waals surface area contributed by atoms with Crippen molar-refractivity contribution in [3.05, 3.63) is 40.8 Å². The molecule has 0 radical (unpaired) electrons. The highest BCUT2D eigenvalue weighted by molar-refractivity contribution is 6.07. The Bertz CT molecular complexity index is 856. The third-order valence-corrected chi connectivity index (χ3v) is 3.30. The number of nitrogens with one attached hydrogen (secondary N) is 1. The summed E-state index contributed by atoms with van der Waals surface area (Å²) in [4.78, 5) is 16.1. The number of hydrazone groups is 1. The van der Waals surface area contributed by atoms with Crippen LogP contribution >= 0.6 is 0 Å². The lowest BCUT2D eigenvalue weighted by Crippen LogP contribution is -2.46. The molecule has 0 aliphatic rings. The number of hydrazine groups is 1. The molecule has 2 aromatic rings. The normalized spacial score (nSPS) is 12.2. The predicted molar refractivity (Wildman–Crippen MR) is 86.9 cm³/mol. The second kappa shape index (κ2) is 7.00. The van der Waals surface area contributed by atoms with Gasteiger partial charge in [0.1, 0.15) is 5.69 Å². The number of aromatic nitrogens is 3. The van der Waals surface area contributed by atoms with E-state index in [1.54, 1.807) is 19.9 Å². The van der Waals surface area contributed by atoms with Gasteiger partial charge in [-0.05, 0) is 32.0 Å². The molecule has 0 atom stereocenters. The van der Waals surface area contributed by atoms with Crippen LogP contribution in [0.5, 0.6) is 0 Å². The molecule has 0 fully saturated rings. The van der Waals surface area contributed by atoms with E-state index in [0.29, 0.717) is 17.5 Å². The van der Waals surface area contributed by atoms with E-state index in [9.17, 15) is 18.0 Å². The van der Waals surface area contributed by atoms with Crippen molar-refractivity contribution >= 4 is 11.9 Å². The van der Waals surface area contributed by atoms with Gasteiger partial charge in [0.2, 0.25) is 5.96 Å². The average molecular weight is 370 g/mol. The zero-order valence-electron chi connectivity index (χ0n) is 14.2. The molecule has 0 aliphatic heterocycles. The lowest BCUT2D eigenvalue weighted by atomic mass is 10.2. The molecule has 2 rings (SSSR count). The van der Waals surface area contributed by atoms with Gasteiger partial charge in [-0.2, -0.15) is 18.3 Å². The van der Waals surface area contributed by atoms with Crippen molar-refractivity contribution in [2.45, 2.75) is 20.0 Å². The predicted octanol–water partition coefficient (Wildman–Crippen LogP) is 0.668. The topological polar surface area (TPSA) is 127 Å². The average Bonchev–Trinajstić information content (AvgIpc) is 2.88. The molecule has 0 aliphatic carbocycles. The maximum absolute atomic E-state index is 13.0. The molecule has 26 heavy (non-hydrogen) atoms. The number of hydrogen-bond acceptors (Lipinski definition) is 6. The Balaban J connectivity index is 2.59. The summed E-state index contributed by atoms with van der Waals surface area (Å²) in [6.45, 7) is 3.30. The number of pyridine rings is 1. The molecule has 1 amide bonds. The minimum Gasteiger partial charge on any atom is -0.320 e. The molecule has 0 bridgehead atoms. The summed E-state index contributed by atoms with van der Waals surface area (Å²) in [6.07, 6.45) is -4.68. The van der Waals surface area contributed by atoms with E-state index in [4.69, 9.17) is 11.7 Å². The van der Waals surface area contributed by atoms with Crippen molar-refractivity contribution in [2.24, 2.45) is 16.8 Å². The number of rotatable bonds is 2. The van der Waals surface area contributed by atoms with Gasteiger partial charge in [0.05, 0.1) is 11.3 Å². The zero-order valence-corrected chi connectivity index (χ0v) is 14.2. The van der Waals surface area contributed by atoms with Crippen LogP contribution in [0.15, 0.2) is 23.3 Å². The van der Waals surface area contributed by atoms with Crippen molar-refractivity contribution in [1.82, 2.24) is 25.1 Å². The van der Waals surface area contributed by atoms with Gasteiger partial charge in [-0.1, -0.05) is 0 Å². The van der Waals surface area contributed by atoms with Gasteiger partial charge in [0.15, 0.2) is 5.82 Å². The molecule has 2 aromatic heterocycles. The van der Waals surface area contributed by atoms with Gasteiger partial charge in [-0.15, -0.1) is 5.10 Å². The van der Waals surface area contributed by atoms with Gasteiger partial charge < -0.3 is 5.84 Å². The number of amides is 1. The SMILES string of the molecule is Cc1cc(C)n(-c2nc(C(F)(F)F)ccc2C(=O)N/C(=N/N)N(C)N)n1. The third kappa shape index (κ3) is 3.91. The van der Waals surface area contributed by atoms with Crippen LogP contribution in [0.3, 0.4) is 0 Å². The second-order valence-corrected chi connectivity index (χ2v) is 5.42. The first-order valence-electron chi connectivity index (χ1n) is 7.24. The second-order valence-electron chi connectivity index (χ2n) is 5.42. The van der Waals surface area contributed by atoms with Crippen molar-refractivity contribution in [3.8, 4) is 5.82 Å². The molecule has 0 saturated carbocycles. The fourth-order valence-corrected chi connectivity index (χ4v) is 2.17. The highest BCUT2D eigenvalue weighted by Gasteiger charge is 2.34. The molecule has 0 unspecified atom stereocenters. The van der Waals surface area contributed by atoms with Crippen LogP contribution in [0.25, 0.3) is 5.82 Å². The standard InChI is InChI=1S/C14H17F3N8O/c1-7-6-8(2)25(23-7)11-9(4-5-10(20-11)14(15,16)17)12(26)21-13(22-18)24(3)19/h4-6H,18-19H2,1-3H3,(H,21,22,26). The van der Waals surface area contributed by atoms with Gasteiger partial charge in [0, 0.05) is 12.7 Å². The maximum atomic E-state index is 13.0. The molecular weight excluding hydrogens is 353 g/mol. The lowest BCUT2D eigenvalue weighted by molar-refractivity contribution is -0.141. The monoisotopic (exact) mass is 370 g/mol. The minimum atomic E-state index is -4.68. The third-order valence-electron chi connectivity index (χ3n) is 3.30. The molecule has 0 spiro atoms. The van der Waals surface area contributed by atoms with Crippen molar-refractivity contribution in [1.29, 1.82) is 0 Å². The Morgan fingerprint density at radius 1 is 1.35 bits per heavy atom. The van der Waals surface area contributed by atoms with Crippen LogP contribution < -0.4 is 17.0 Å². The van der Waals surface area contributed by atoms with E-state index < -0.39 is 17.8 Å². The van der Waals surface area contributed by atoms with Gasteiger partial charge in [-0.3, -0.25) is 15.1 Å².